The van der Waals surface area contributed by atoms with Gasteiger partial charge in [-0.15, -0.1) is 5.10 Å². The van der Waals surface area contributed by atoms with Gasteiger partial charge in [0.05, 0.1) is 30.4 Å². The van der Waals surface area contributed by atoms with E-state index in [1.165, 1.54) is 32.8 Å². The molecule has 1 aromatic carbocycles. The van der Waals surface area contributed by atoms with Crippen LogP contribution < -0.4 is 5.32 Å². The van der Waals surface area contributed by atoms with Crippen molar-refractivity contribution in [3.63, 3.8) is 0 Å². The van der Waals surface area contributed by atoms with Crippen LogP contribution in [0.1, 0.15) is 16.9 Å². The molecule has 0 radical (unpaired) electrons. The standard InChI is InChI=1S/C17H19ClF2N6O2/c1-24(2)16(27)15-9-25(23-22-15)8-12-5-10(19)7-26(12)17(28)21-11-3-4-14(20)13(18)6-11/h3-4,6,9-10,12H,5,7-8H2,1-2H3,(H,21,28)/t10-,12-/m0/s1. The van der Waals surface area contributed by atoms with Crippen LogP contribution in [0.15, 0.2) is 24.4 Å². The van der Waals surface area contributed by atoms with E-state index in [1.54, 1.807) is 14.1 Å². The van der Waals surface area contributed by atoms with Crippen LogP contribution in [0.4, 0.5) is 19.3 Å². The minimum Gasteiger partial charge on any atom is -0.343 e. The average molecular weight is 413 g/mol. The summed E-state index contributed by atoms with van der Waals surface area (Å²) >= 11 is 5.72. The maximum Gasteiger partial charge on any atom is 0.322 e. The number of anilines is 1. The van der Waals surface area contributed by atoms with Crippen molar-refractivity contribution in [2.45, 2.75) is 25.2 Å². The number of hydrogen-bond donors (Lipinski definition) is 1. The van der Waals surface area contributed by atoms with Gasteiger partial charge in [-0.2, -0.15) is 0 Å². The van der Waals surface area contributed by atoms with Gasteiger partial charge in [0.15, 0.2) is 5.69 Å². The number of rotatable bonds is 4. The Morgan fingerprint density at radius 1 is 1.39 bits per heavy atom. The third-order valence-electron chi connectivity index (χ3n) is 4.36. The molecule has 1 fully saturated rings. The van der Waals surface area contributed by atoms with E-state index in [1.807, 2.05) is 0 Å². The Bertz CT molecular complexity index is 890. The summed E-state index contributed by atoms with van der Waals surface area (Å²) in [5.74, 6) is -0.902. The Morgan fingerprint density at radius 3 is 2.82 bits per heavy atom. The molecule has 1 aromatic heterocycles. The lowest BCUT2D eigenvalue weighted by Crippen LogP contribution is -2.41. The van der Waals surface area contributed by atoms with Crippen LogP contribution in [-0.2, 0) is 6.54 Å². The minimum atomic E-state index is -1.18. The lowest BCUT2D eigenvalue weighted by atomic mass is 10.2. The van der Waals surface area contributed by atoms with Gasteiger partial charge in [0, 0.05) is 26.2 Å². The molecule has 1 aliphatic rings. The van der Waals surface area contributed by atoms with Crippen LogP contribution in [0, 0.1) is 5.82 Å². The summed E-state index contributed by atoms with van der Waals surface area (Å²) in [5, 5.41) is 10.2. The van der Waals surface area contributed by atoms with Crippen molar-refractivity contribution in [3.05, 3.63) is 40.9 Å². The highest BCUT2D eigenvalue weighted by atomic mass is 35.5. The van der Waals surface area contributed by atoms with E-state index in [9.17, 15) is 18.4 Å². The van der Waals surface area contributed by atoms with Gasteiger partial charge in [0.1, 0.15) is 12.0 Å². The molecule has 2 heterocycles. The van der Waals surface area contributed by atoms with E-state index < -0.39 is 24.1 Å². The number of nitrogens with one attached hydrogen (secondary N) is 1. The Balaban J connectivity index is 1.69. The van der Waals surface area contributed by atoms with Crippen molar-refractivity contribution in [2.24, 2.45) is 0 Å². The zero-order chi connectivity index (χ0) is 20.4. The Morgan fingerprint density at radius 2 is 2.14 bits per heavy atom. The maximum atomic E-state index is 14.0. The maximum absolute atomic E-state index is 14.0. The zero-order valence-electron chi connectivity index (χ0n) is 15.3. The molecule has 1 aliphatic heterocycles. The van der Waals surface area contributed by atoms with Gasteiger partial charge in [-0.25, -0.2) is 18.3 Å². The molecular formula is C17H19ClF2N6O2. The average Bonchev–Trinajstić information content (AvgIpc) is 3.24. The molecule has 3 amide bonds. The third-order valence-corrected chi connectivity index (χ3v) is 4.65. The molecule has 0 bridgehead atoms. The van der Waals surface area contributed by atoms with E-state index in [-0.39, 0.29) is 36.1 Å². The number of amides is 3. The summed E-state index contributed by atoms with van der Waals surface area (Å²) in [5.41, 5.74) is 0.467. The Hall–Kier alpha value is -2.75. The number of urea groups is 1. The number of carbonyl (C=O) groups is 2. The van der Waals surface area contributed by atoms with Gasteiger partial charge < -0.3 is 15.1 Å². The first-order valence-corrected chi connectivity index (χ1v) is 8.91. The molecule has 28 heavy (non-hydrogen) atoms. The summed E-state index contributed by atoms with van der Waals surface area (Å²) in [6, 6.07) is 2.78. The smallest absolute Gasteiger partial charge is 0.322 e. The van der Waals surface area contributed by atoms with E-state index in [0.717, 1.165) is 6.07 Å². The topological polar surface area (TPSA) is 83.4 Å². The predicted octanol–water partition coefficient (Wildman–Crippen LogP) is 2.42. The number of hydrogen-bond acceptors (Lipinski definition) is 4. The first-order valence-electron chi connectivity index (χ1n) is 8.53. The van der Waals surface area contributed by atoms with Crippen molar-refractivity contribution in [1.82, 2.24) is 24.8 Å². The fourth-order valence-corrected chi connectivity index (χ4v) is 3.16. The second kappa shape index (κ2) is 8.09. The number of carbonyl (C=O) groups excluding carboxylic acids is 2. The van der Waals surface area contributed by atoms with E-state index in [2.05, 4.69) is 15.6 Å². The van der Waals surface area contributed by atoms with Gasteiger partial charge in [-0.05, 0) is 18.2 Å². The van der Waals surface area contributed by atoms with Crippen molar-refractivity contribution in [1.29, 1.82) is 0 Å². The Labute approximate surface area is 165 Å². The number of aromatic nitrogens is 3. The molecule has 2 atom stereocenters. The van der Waals surface area contributed by atoms with Crippen LogP contribution in [0.25, 0.3) is 0 Å². The molecule has 150 valence electrons. The van der Waals surface area contributed by atoms with Crippen molar-refractivity contribution < 1.29 is 18.4 Å². The fraction of sp³-hybridized carbons (Fsp3) is 0.412. The number of nitrogens with zero attached hydrogens (tertiary/aromatic N) is 5. The fourth-order valence-electron chi connectivity index (χ4n) is 2.98. The summed E-state index contributed by atoms with van der Waals surface area (Å²) in [6.45, 7) is 0.106. The molecule has 0 saturated carbocycles. The molecule has 8 nitrogen and oxygen atoms in total. The van der Waals surface area contributed by atoms with E-state index in [4.69, 9.17) is 11.6 Å². The molecule has 11 heteroatoms. The van der Waals surface area contributed by atoms with Gasteiger partial charge in [-0.3, -0.25) is 4.79 Å². The summed E-state index contributed by atoms with van der Waals surface area (Å²) in [6.07, 6.45) is 0.414. The molecule has 1 N–H and O–H groups in total. The van der Waals surface area contributed by atoms with Gasteiger partial charge in [0.25, 0.3) is 5.91 Å². The largest absolute Gasteiger partial charge is 0.343 e. The first kappa shape index (κ1) is 20.0. The summed E-state index contributed by atoms with van der Waals surface area (Å²) < 4.78 is 28.6. The molecule has 1 saturated heterocycles. The highest BCUT2D eigenvalue weighted by molar-refractivity contribution is 6.31. The summed E-state index contributed by atoms with van der Waals surface area (Å²) in [7, 11) is 3.19. The highest BCUT2D eigenvalue weighted by Gasteiger charge is 2.36. The third kappa shape index (κ3) is 4.38. The van der Waals surface area contributed by atoms with Gasteiger partial charge in [0.2, 0.25) is 0 Å². The van der Waals surface area contributed by atoms with Gasteiger partial charge in [-0.1, -0.05) is 16.8 Å². The SMILES string of the molecule is CN(C)C(=O)c1cn(C[C@@H]2C[C@H](F)CN2C(=O)Nc2ccc(F)c(Cl)c2)nn1. The molecular weight excluding hydrogens is 394 g/mol. The molecule has 0 spiro atoms. The molecule has 3 rings (SSSR count). The zero-order valence-corrected chi connectivity index (χ0v) is 16.0. The van der Waals surface area contributed by atoms with Crippen LogP contribution in [-0.4, -0.2) is 69.6 Å². The Kier molecular flexibility index (Phi) is 5.78. The van der Waals surface area contributed by atoms with Gasteiger partial charge >= 0.3 is 6.03 Å². The predicted molar refractivity (Wildman–Crippen MR) is 98.5 cm³/mol. The normalized spacial score (nSPS) is 19.0. The lowest BCUT2D eigenvalue weighted by molar-refractivity contribution is 0.0821. The lowest BCUT2D eigenvalue weighted by Gasteiger charge is -2.24. The van der Waals surface area contributed by atoms with E-state index in [0.29, 0.717) is 5.69 Å². The van der Waals surface area contributed by atoms with Crippen LogP contribution in [0.2, 0.25) is 5.02 Å². The van der Waals surface area contributed by atoms with Crippen molar-refractivity contribution >= 4 is 29.2 Å². The second-order valence-electron chi connectivity index (χ2n) is 6.72. The second-order valence-corrected chi connectivity index (χ2v) is 7.13. The van der Waals surface area contributed by atoms with E-state index >= 15 is 0 Å². The van der Waals surface area contributed by atoms with Crippen molar-refractivity contribution in [3.8, 4) is 0 Å². The van der Waals surface area contributed by atoms with Crippen molar-refractivity contribution in [2.75, 3.05) is 26.0 Å². The first-order chi connectivity index (χ1) is 13.2. The molecule has 0 unspecified atom stereocenters. The number of likely N-dealkylation sites (tertiary alicyclic amines) is 1. The number of alkyl halides is 1. The van der Waals surface area contributed by atoms with Crippen LogP contribution >= 0.6 is 11.6 Å². The van der Waals surface area contributed by atoms with Crippen LogP contribution in [0.5, 0.6) is 0 Å². The molecule has 2 aromatic rings. The molecule has 0 aliphatic carbocycles. The quantitative estimate of drug-likeness (QED) is 0.836. The minimum absolute atomic E-state index is 0.0798. The number of halogens is 3. The highest BCUT2D eigenvalue weighted by Crippen LogP contribution is 2.24. The summed E-state index contributed by atoms with van der Waals surface area (Å²) in [4.78, 5) is 27.2. The van der Waals surface area contributed by atoms with Crippen LogP contribution in [0.3, 0.4) is 0 Å². The monoisotopic (exact) mass is 412 g/mol. The number of benzene rings is 1.